The fourth-order valence-electron chi connectivity index (χ4n) is 6.15. The molecule has 0 spiro atoms. The van der Waals surface area contributed by atoms with Crippen molar-refractivity contribution in [1.29, 1.82) is 0 Å². The Morgan fingerprint density at radius 1 is 0.686 bits per heavy atom. The van der Waals surface area contributed by atoms with Crippen LogP contribution in [-0.2, 0) is 39.5 Å². The van der Waals surface area contributed by atoms with Crippen LogP contribution in [-0.4, -0.2) is 7.42 Å². The molecule has 7 rings (SSSR count). The van der Waals surface area contributed by atoms with Crippen molar-refractivity contribution in [3.8, 4) is 11.1 Å². The Balaban J connectivity index is 0.000000153. The third-order valence-corrected chi connectivity index (χ3v) is 12.0. The third-order valence-electron chi connectivity index (χ3n) is 9.05. The molecular weight excluding hydrogens is 739 g/mol. The first kappa shape index (κ1) is 39.0. The molecule has 0 bridgehead atoms. The molecule has 0 saturated heterocycles. The van der Waals surface area contributed by atoms with Crippen LogP contribution in [0.5, 0.6) is 0 Å². The molecule has 0 N–H and O–H groups in total. The summed E-state index contributed by atoms with van der Waals surface area (Å²) >= 11 is 11.0. The van der Waals surface area contributed by atoms with Crippen LogP contribution in [0, 0.1) is 18.1 Å². The summed E-state index contributed by atoms with van der Waals surface area (Å²) in [5.41, 5.74) is 15.1. The van der Waals surface area contributed by atoms with Gasteiger partial charge in [0.1, 0.15) is 0 Å². The second-order valence-corrected chi connectivity index (χ2v) is 18.5. The van der Waals surface area contributed by atoms with Crippen LogP contribution in [0.25, 0.3) is 16.7 Å². The maximum absolute atomic E-state index is 5.84. The van der Waals surface area contributed by atoms with Crippen molar-refractivity contribution in [2.24, 2.45) is 5.92 Å². The monoisotopic (exact) mass is 784 g/mol. The van der Waals surface area contributed by atoms with Crippen LogP contribution in [0.2, 0.25) is 10.0 Å². The van der Waals surface area contributed by atoms with E-state index in [1.165, 1.54) is 61.2 Å². The van der Waals surface area contributed by atoms with Crippen molar-refractivity contribution in [3.05, 3.63) is 182 Å². The Hall–Kier alpha value is -3.22. The van der Waals surface area contributed by atoms with Gasteiger partial charge in [-0.25, -0.2) is 5.57 Å². The predicted molar refractivity (Wildman–Crippen MR) is 220 cm³/mol. The standard InChI is InChI=1S/C21H25.C13H13.2C7H5Cl.Zr/c1-20(2,3)16-7-9-18-14(12-16)11-15-13-17(21(4,5)6)8-10-19(15)18;1-10-8-11(2)13(9-10)12-6-4-3-5-7-12;2*1-6-2-4-7(8)5-3-6;/h7-10,12H,11H2,1-6H3;3-7,9-10H,1-2H3;2*1-5H;/q2*-1;;;. The quantitative estimate of drug-likeness (QED) is 0.157. The van der Waals surface area contributed by atoms with Crippen LogP contribution in [0.3, 0.4) is 0 Å². The Morgan fingerprint density at radius 3 is 1.76 bits per heavy atom. The van der Waals surface area contributed by atoms with Crippen molar-refractivity contribution >= 4 is 36.2 Å². The summed E-state index contributed by atoms with van der Waals surface area (Å²) in [5.74, 6) is 0.468. The molecule has 1 unspecified atom stereocenters. The van der Waals surface area contributed by atoms with Gasteiger partial charge in [0.25, 0.3) is 0 Å². The number of fused-ring (bicyclic) bond motifs is 3. The van der Waals surface area contributed by atoms with E-state index < -0.39 is 22.3 Å². The second-order valence-electron chi connectivity index (χ2n) is 15.4. The van der Waals surface area contributed by atoms with Gasteiger partial charge in [0, 0.05) is 0 Å². The molecule has 5 aromatic carbocycles. The van der Waals surface area contributed by atoms with Gasteiger partial charge in [-0.15, -0.1) is 16.7 Å². The molecule has 2 aliphatic carbocycles. The number of halogens is 2. The first-order chi connectivity index (χ1) is 24.2. The number of benzene rings is 5. The second kappa shape index (κ2) is 17.1. The Labute approximate surface area is 327 Å². The predicted octanol–water partition coefficient (Wildman–Crippen LogP) is 13.2. The average molecular weight is 787 g/mol. The van der Waals surface area contributed by atoms with Crippen LogP contribution in [0.1, 0.15) is 94.3 Å². The molecule has 0 saturated carbocycles. The summed E-state index contributed by atoms with van der Waals surface area (Å²) in [6, 6.07) is 41.6. The van der Waals surface area contributed by atoms with Gasteiger partial charge in [-0.05, 0) is 28.4 Å². The van der Waals surface area contributed by atoms with E-state index in [9.17, 15) is 0 Å². The van der Waals surface area contributed by atoms with Crippen LogP contribution in [0.4, 0.5) is 0 Å². The van der Waals surface area contributed by atoms with E-state index in [-0.39, 0.29) is 10.8 Å². The van der Waals surface area contributed by atoms with E-state index in [0.717, 1.165) is 16.5 Å². The van der Waals surface area contributed by atoms with Crippen molar-refractivity contribution < 1.29 is 22.3 Å². The molecule has 2 aliphatic rings. The minimum absolute atomic E-state index is 0.167. The molecule has 0 nitrogen and oxygen atoms in total. The Morgan fingerprint density at radius 2 is 1.25 bits per heavy atom. The third kappa shape index (κ3) is 10.9. The van der Waals surface area contributed by atoms with Gasteiger partial charge >= 0.3 is 123 Å². The number of allylic oxidation sites excluding steroid dienone is 4. The zero-order chi connectivity index (χ0) is 36.8. The van der Waals surface area contributed by atoms with Gasteiger partial charge in [0.05, 0.1) is 0 Å². The van der Waals surface area contributed by atoms with Crippen molar-refractivity contribution in [2.45, 2.75) is 72.6 Å². The van der Waals surface area contributed by atoms with Gasteiger partial charge in [-0.3, -0.25) is 6.08 Å². The molecule has 1 atom stereocenters. The molecule has 0 aromatic heterocycles. The maximum atomic E-state index is 5.84. The van der Waals surface area contributed by atoms with Crippen LogP contribution >= 0.6 is 23.2 Å². The van der Waals surface area contributed by atoms with Crippen LogP contribution in [0.15, 0.2) is 121 Å². The Kier molecular flexibility index (Phi) is 13.1. The zero-order valence-electron chi connectivity index (χ0n) is 31.2. The molecule has 51 heavy (non-hydrogen) atoms. The Bertz CT molecular complexity index is 1970. The first-order valence-electron chi connectivity index (χ1n) is 17.7. The summed E-state index contributed by atoms with van der Waals surface area (Å²) in [6.07, 6.45) is 6.68. The molecule has 0 heterocycles. The van der Waals surface area contributed by atoms with E-state index >= 15 is 0 Å². The average Bonchev–Trinajstić information content (AvgIpc) is 3.64. The van der Waals surface area contributed by atoms with Gasteiger partial charge in [0.2, 0.25) is 0 Å². The molecule has 0 radical (unpaired) electrons. The van der Waals surface area contributed by atoms with Gasteiger partial charge < -0.3 is 0 Å². The van der Waals surface area contributed by atoms with E-state index in [0.29, 0.717) is 5.92 Å². The summed E-state index contributed by atoms with van der Waals surface area (Å²) in [5, 5.41) is 1.57. The zero-order valence-corrected chi connectivity index (χ0v) is 35.1. The summed E-state index contributed by atoms with van der Waals surface area (Å²) in [4.78, 5) is 0. The molecule has 0 amide bonds. The molecular formula is C48H48Cl2Zr-2. The summed E-state index contributed by atoms with van der Waals surface area (Å²) in [7, 11) is 0. The fourth-order valence-corrected chi connectivity index (χ4v) is 8.50. The van der Waals surface area contributed by atoms with E-state index in [2.05, 4.69) is 160 Å². The molecule has 5 aromatic rings. The van der Waals surface area contributed by atoms with Gasteiger partial charge in [0.15, 0.2) is 0 Å². The van der Waals surface area contributed by atoms with Crippen molar-refractivity contribution in [1.82, 2.24) is 0 Å². The molecule has 260 valence electrons. The number of rotatable bonds is 3. The van der Waals surface area contributed by atoms with Crippen molar-refractivity contribution in [2.75, 3.05) is 0 Å². The number of hydrogen-bond donors (Lipinski definition) is 0. The summed E-state index contributed by atoms with van der Waals surface area (Å²) in [6.45, 7) is 17.9. The normalized spacial score (nSPS) is 14.4. The summed E-state index contributed by atoms with van der Waals surface area (Å²) < 4.78 is 4.66. The minimum atomic E-state index is -0.623. The van der Waals surface area contributed by atoms with Gasteiger partial charge in [-0.2, -0.15) is 35.4 Å². The van der Waals surface area contributed by atoms with E-state index in [1.807, 2.05) is 30.3 Å². The first-order valence-corrected chi connectivity index (χ1v) is 21.3. The topological polar surface area (TPSA) is 0 Å². The van der Waals surface area contributed by atoms with Gasteiger partial charge in [-0.1, -0.05) is 115 Å². The van der Waals surface area contributed by atoms with Crippen LogP contribution < -0.4 is 0 Å². The SMILES string of the molecule is CC(C)(C)c1[c-]c2c(cc1)-c1ccc(C(C)(C)C)cc1C2.CC1=[C-]C(C)C=C1c1ccccc1.Clc1ccc([CH]=[Zr]=[CH]c2ccc(Cl)cc2)cc1. The fraction of sp³-hybridized carbons (Fsp3) is 0.250. The van der Waals surface area contributed by atoms with Crippen molar-refractivity contribution in [3.63, 3.8) is 0 Å². The van der Waals surface area contributed by atoms with E-state index in [1.54, 1.807) is 0 Å². The number of hydrogen-bond acceptors (Lipinski definition) is 0. The van der Waals surface area contributed by atoms with E-state index in [4.69, 9.17) is 23.2 Å². The molecule has 3 heteroatoms. The molecule has 0 aliphatic heterocycles. The molecule has 0 fully saturated rings.